The van der Waals surface area contributed by atoms with Crippen LogP contribution in [0.5, 0.6) is 0 Å². The van der Waals surface area contributed by atoms with Gasteiger partial charge in [0.15, 0.2) is 5.78 Å². The van der Waals surface area contributed by atoms with E-state index in [1.807, 2.05) is 6.92 Å². The lowest BCUT2D eigenvalue weighted by Gasteiger charge is -2.08. The summed E-state index contributed by atoms with van der Waals surface area (Å²) < 4.78 is 26.9. The van der Waals surface area contributed by atoms with Crippen molar-refractivity contribution in [3.63, 3.8) is 0 Å². The molecule has 116 valence electrons. The van der Waals surface area contributed by atoms with Gasteiger partial charge in [0.1, 0.15) is 0 Å². The Hall–Kier alpha value is -2.14. The van der Waals surface area contributed by atoms with E-state index in [-0.39, 0.29) is 10.7 Å². The van der Waals surface area contributed by atoms with Gasteiger partial charge in [0.05, 0.1) is 4.90 Å². The van der Waals surface area contributed by atoms with E-state index in [0.717, 1.165) is 12.8 Å². The third-order valence-corrected chi connectivity index (χ3v) is 4.67. The summed E-state index contributed by atoms with van der Waals surface area (Å²) in [5.41, 5.74) is 1.05. The standard InChI is InChI=1S/C17H19NO3S/c1-2-3-9-17(19)14-10-12-15(13-11-14)18-22(20,21)16-7-5-4-6-8-16/h4-8,10-13,18H,2-3,9H2,1H3. The molecule has 1 N–H and O–H groups in total. The number of unbranched alkanes of at least 4 members (excludes halogenated alkanes) is 1. The molecule has 0 aliphatic heterocycles. The topological polar surface area (TPSA) is 63.2 Å². The van der Waals surface area contributed by atoms with Crippen LogP contribution in [-0.2, 0) is 10.0 Å². The van der Waals surface area contributed by atoms with E-state index in [0.29, 0.717) is 17.7 Å². The van der Waals surface area contributed by atoms with E-state index in [1.54, 1.807) is 42.5 Å². The molecule has 0 unspecified atom stereocenters. The highest BCUT2D eigenvalue weighted by Crippen LogP contribution is 2.17. The predicted octanol–water partition coefficient (Wildman–Crippen LogP) is 3.86. The van der Waals surface area contributed by atoms with Crippen LogP contribution in [0.1, 0.15) is 36.5 Å². The number of benzene rings is 2. The average Bonchev–Trinajstić information content (AvgIpc) is 2.54. The number of nitrogens with one attached hydrogen (secondary N) is 1. The highest BCUT2D eigenvalue weighted by atomic mass is 32.2. The molecule has 2 aromatic rings. The summed E-state index contributed by atoms with van der Waals surface area (Å²) in [7, 11) is -3.60. The Morgan fingerprint density at radius 3 is 2.23 bits per heavy atom. The Labute approximate surface area is 131 Å². The Balaban J connectivity index is 2.10. The number of ketones is 1. The summed E-state index contributed by atoms with van der Waals surface area (Å²) in [5.74, 6) is 0.0827. The Kier molecular flexibility index (Phi) is 5.33. The predicted molar refractivity (Wildman–Crippen MR) is 87.5 cm³/mol. The molecule has 0 saturated heterocycles. The van der Waals surface area contributed by atoms with Crippen LogP contribution in [0.3, 0.4) is 0 Å². The maximum Gasteiger partial charge on any atom is 0.261 e. The molecule has 0 atom stereocenters. The fraction of sp³-hybridized carbons (Fsp3) is 0.235. The zero-order valence-electron chi connectivity index (χ0n) is 12.5. The lowest BCUT2D eigenvalue weighted by atomic mass is 10.1. The van der Waals surface area contributed by atoms with Crippen molar-refractivity contribution in [2.75, 3.05) is 4.72 Å². The van der Waals surface area contributed by atoms with Crippen molar-refractivity contribution in [1.29, 1.82) is 0 Å². The van der Waals surface area contributed by atoms with Crippen LogP contribution in [0.4, 0.5) is 5.69 Å². The van der Waals surface area contributed by atoms with E-state index >= 15 is 0 Å². The Bertz CT molecular complexity index is 722. The van der Waals surface area contributed by atoms with E-state index in [4.69, 9.17) is 0 Å². The van der Waals surface area contributed by atoms with Crippen LogP contribution in [0.2, 0.25) is 0 Å². The number of carbonyl (C=O) groups is 1. The molecular formula is C17H19NO3S. The summed E-state index contributed by atoms with van der Waals surface area (Å²) in [6, 6.07) is 14.7. The first-order valence-electron chi connectivity index (χ1n) is 7.24. The van der Waals surface area contributed by atoms with Crippen molar-refractivity contribution in [3.8, 4) is 0 Å². The lowest BCUT2D eigenvalue weighted by molar-refractivity contribution is 0.0980. The molecule has 0 heterocycles. The summed E-state index contributed by atoms with van der Waals surface area (Å²) in [6.45, 7) is 2.04. The Morgan fingerprint density at radius 1 is 1.00 bits per heavy atom. The number of hydrogen-bond acceptors (Lipinski definition) is 3. The first kappa shape index (κ1) is 16.2. The largest absolute Gasteiger partial charge is 0.294 e. The van der Waals surface area contributed by atoms with E-state index in [1.165, 1.54) is 12.1 Å². The van der Waals surface area contributed by atoms with Crippen LogP contribution in [0, 0.1) is 0 Å². The van der Waals surface area contributed by atoms with Gasteiger partial charge in [0.2, 0.25) is 0 Å². The van der Waals surface area contributed by atoms with Gasteiger partial charge in [0, 0.05) is 17.7 Å². The third-order valence-electron chi connectivity index (χ3n) is 3.27. The molecule has 0 amide bonds. The zero-order valence-corrected chi connectivity index (χ0v) is 13.3. The van der Waals surface area contributed by atoms with E-state index in [2.05, 4.69) is 4.72 Å². The third kappa shape index (κ3) is 4.18. The van der Waals surface area contributed by atoms with Crippen molar-refractivity contribution in [2.24, 2.45) is 0 Å². The number of Topliss-reactive ketones (excluding diaryl/α,β-unsaturated/α-hetero) is 1. The lowest BCUT2D eigenvalue weighted by Crippen LogP contribution is -2.12. The molecule has 2 rings (SSSR count). The second-order valence-electron chi connectivity index (χ2n) is 5.02. The number of rotatable bonds is 7. The quantitative estimate of drug-likeness (QED) is 0.789. The number of carbonyl (C=O) groups excluding carboxylic acids is 1. The monoisotopic (exact) mass is 317 g/mol. The number of anilines is 1. The minimum absolute atomic E-state index is 0.0827. The fourth-order valence-electron chi connectivity index (χ4n) is 2.02. The van der Waals surface area contributed by atoms with Crippen molar-refractivity contribution in [2.45, 2.75) is 31.1 Å². The van der Waals surface area contributed by atoms with Crippen LogP contribution in [-0.4, -0.2) is 14.2 Å². The Morgan fingerprint density at radius 2 is 1.64 bits per heavy atom. The first-order valence-corrected chi connectivity index (χ1v) is 8.72. The van der Waals surface area contributed by atoms with Crippen LogP contribution >= 0.6 is 0 Å². The second-order valence-corrected chi connectivity index (χ2v) is 6.71. The fourth-order valence-corrected chi connectivity index (χ4v) is 3.10. The van der Waals surface area contributed by atoms with Crippen molar-refractivity contribution < 1.29 is 13.2 Å². The molecule has 0 saturated carbocycles. The van der Waals surface area contributed by atoms with Crippen LogP contribution < -0.4 is 4.72 Å². The molecule has 2 aromatic carbocycles. The molecule has 0 bridgehead atoms. The van der Waals surface area contributed by atoms with E-state index in [9.17, 15) is 13.2 Å². The SMILES string of the molecule is CCCCC(=O)c1ccc(NS(=O)(=O)c2ccccc2)cc1. The summed E-state index contributed by atoms with van der Waals surface area (Å²) in [4.78, 5) is 12.1. The van der Waals surface area contributed by atoms with E-state index < -0.39 is 10.0 Å². The smallest absolute Gasteiger partial charge is 0.261 e. The van der Waals surface area contributed by atoms with Crippen molar-refractivity contribution in [1.82, 2.24) is 0 Å². The van der Waals surface area contributed by atoms with Crippen molar-refractivity contribution in [3.05, 3.63) is 60.2 Å². The van der Waals surface area contributed by atoms with Crippen LogP contribution in [0.25, 0.3) is 0 Å². The summed E-state index contributed by atoms with van der Waals surface area (Å²) in [6.07, 6.45) is 2.35. The summed E-state index contributed by atoms with van der Waals surface area (Å²) in [5, 5.41) is 0. The molecule has 0 aromatic heterocycles. The molecule has 0 fully saturated rings. The maximum absolute atomic E-state index is 12.2. The molecular weight excluding hydrogens is 298 g/mol. The van der Waals surface area contributed by atoms with Gasteiger partial charge in [0.25, 0.3) is 10.0 Å². The van der Waals surface area contributed by atoms with Gasteiger partial charge in [-0.1, -0.05) is 31.5 Å². The molecule has 0 spiro atoms. The zero-order chi connectivity index (χ0) is 16.0. The van der Waals surface area contributed by atoms with Gasteiger partial charge in [-0.2, -0.15) is 0 Å². The van der Waals surface area contributed by atoms with Gasteiger partial charge in [-0.15, -0.1) is 0 Å². The first-order chi connectivity index (χ1) is 10.5. The molecule has 4 nitrogen and oxygen atoms in total. The minimum Gasteiger partial charge on any atom is -0.294 e. The highest BCUT2D eigenvalue weighted by Gasteiger charge is 2.13. The van der Waals surface area contributed by atoms with Gasteiger partial charge >= 0.3 is 0 Å². The van der Waals surface area contributed by atoms with Gasteiger partial charge in [-0.25, -0.2) is 8.42 Å². The number of sulfonamides is 1. The van der Waals surface area contributed by atoms with Gasteiger partial charge in [-0.3, -0.25) is 9.52 Å². The molecule has 0 radical (unpaired) electrons. The normalized spacial score (nSPS) is 11.1. The molecule has 0 aliphatic rings. The number of hydrogen-bond donors (Lipinski definition) is 1. The average molecular weight is 317 g/mol. The van der Waals surface area contributed by atoms with Gasteiger partial charge in [-0.05, 0) is 42.8 Å². The van der Waals surface area contributed by atoms with Crippen molar-refractivity contribution >= 4 is 21.5 Å². The molecule has 0 aliphatic carbocycles. The minimum atomic E-state index is -3.60. The second kappa shape index (κ2) is 7.22. The maximum atomic E-state index is 12.2. The summed E-state index contributed by atoms with van der Waals surface area (Å²) >= 11 is 0. The van der Waals surface area contributed by atoms with Crippen LogP contribution in [0.15, 0.2) is 59.5 Å². The highest BCUT2D eigenvalue weighted by molar-refractivity contribution is 7.92. The molecule has 5 heteroatoms. The van der Waals surface area contributed by atoms with Gasteiger partial charge < -0.3 is 0 Å². The molecule has 22 heavy (non-hydrogen) atoms.